The van der Waals surface area contributed by atoms with E-state index in [9.17, 15) is 14.9 Å². The molecular formula is C10H10BrN3O3. The van der Waals surface area contributed by atoms with Crippen LogP contribution in [0.5, 0.6) is 0 Å². The van der Waals surface area contributed by atoms with Crippen LogP contribution >= 0.6 is 15.9 Å². The number of amides is 1. The van der Waals surface area contributed by atoms with Crippen LogP contribution in [-0.2, 0) is 10.3 Å². The SMILES string of the molecule is CN1C(=O)[C@@](N)(C[N+](=O)[O-])c2cc(Br)ccc21. The van der Waals surface area contributed by atoms with Crippen LogP contribution in [0, 0.1) is 10.1 Å². The number of carbonyl (C=O) groups is 1. The molecule has 0 saturated carbocycles. The van der Waals surface area contributed by atoms with Crippen LogP contribution in [0.25, 0.3) is 0 Å². The molecular weight excluding hydrogens is 290 g/mol. The van der Waals surface area contributed by atoms with Crippen molar-refractivity contribution in [2.24, 2.45) is 5.73 Å². The van der Waals surface area contributed by atoms with Gasteiger partial charge in [0.1, 0.15) is 0 Å². The van der Waals surface area contributed by atoms with Crippen molar-refractivity contribution >= 4 is 27.5 Å². The van der Waals surface area contributed by atoms with Gasteiger partial charge in [-0.3, -0.25) is 14.9 Å². The lowest BCUT2D eigenvalue weighted by atomic mass is 9.93. The predicted molar refractivity (Wildman–Crippen MR) is 65.3 cm³/mol. The highest BCUT2D eigenvalue weighted by molar-refractivity contribution is 9.10. The fourth-order valence-electron chi connectivity index (χ4n) is 2.04. The first kappa shape index (κ1) is 12.0. The number of nitro groups is 1. The molecule has 0 saturated heterocycles. The maximum absolute atomic E-state index is 12.0. The van der Waals surface area contributed by atoms with Crippen molar-refractivity contribution in [2.45, 2.75) is 5.54 Å². The molecule has 1 aliphatic rings. The van der Waals surface area contributed by atoms with Crippen molar-refractivity contribution in [2.75, 3.05) is 18.5 Å². The van der Waals surface area contributed by atoms with Crippen LogP contribution in [0.4, 0.5) is 5.69 Å². The Labute approximate surface area is 106 Å². The number of hydrogen-bond donors (Lipinski definition) is 1. The van der Waals surface area contributed by atoms with Crippen molar-refractivity contribution < 1.29 is 9.72 Å². The van der Waals surface area contributed by atoms with Crippen LogP contribution in [0.1, 0.15) is 5.56 Å². The molecule has 1 amide bonds. The van der Waals surface area contributed by atoms with Crippen molar-refractivity contribution in [1.29, 1.82) is 0 Å². The summed E-state index contributed by atoms with van der Waals surface area (Å²) < 4.78 is 0.734. The smallest absolute Gasteiger partial charge is 0.258 e. The second kappa shape index (κ2) is 3.78. The minimum Gasteiger partial charge on any atom is -0.313 e. The number of rotatable bonds is 2. The topological polar surface area (TPSA) is 89.5 Å². The lowest BCUT2D eigenvalue weighted by molar-refractivity contribution is -0.487. The van der Waals surface area contributed by atoms with E-state index in [1.807, 2.05) is 0 Å². The van der Waals surface area contributed by atoms with E-state index < -0.39 is 22.9 Å². The van der Waals surface area contributed by atoms with E-state index in [0.717, 1.165) is 4.47 Å². The summed E-state index contributed by atoms with van der Waals surface area (Å²) in [6.07, 6.45) is 0. The van der Waals surface area contributed by atoms with E-state index >= 15 is 0 Å². The predicted octanol–water partition coefficient (Wildman–Crippen LogP) is 0.856. The van der Waals surface area contributed by atoms with Gasteiger partial charge in [0.2, 0.25) is 6.54 Å². The van der Waals surface area contributed by atoms with E-state index in [1.54, 1.807) is 25.2 Å². The molecule has 1 aliphatic heterocycles. The van der Waals surface area contributed by atoms with Gasteiger partial charge in [-0.05, 0) is 18.2 Å². The number of anilines is 1. The monoisotopic (exact) mass is 299 g/mol. The molecule has 0 unspecified atom stereocenters. The molecule has 0 bridgehead atoms. The number of likely N-dealkylation sites (N-methyl/N-ethyl adjacent to an activating group) is 1. The minimum absolute atomic E-state index is 0.456. The molecule has 0 aliphatic carbocycles. The molecule has 0 spiro atoms. The zero-order chi connectivity index (χ0) is 12.8. The highest BCUT2D eigenvalue weighted by atomic mass is 79.9. The Balaban J connectivity index is 2.60. The first-order chi connectivity index (χ1) is 7.86. The van der Waals surface area contributed by atoms with Gasteiger partial charge in [-0.2, -0.15) is 0 Å². The third kappa shape index (κ3) is 1.71. The highest BCUT2D eigenvalue weighted by Gasteiger charge is 2.50. The molecule has 17 heavy (non-hydrogen) atoms. The van der Waals surface area contributed by atoms with E-state index in [2.05, 4.69) is 15.9 Å². The minimum atomic E-state index is -1.57. The fraction of sp³-hybridized carbons (Fsp3) is 0.300. The summed E-state index contributed by atoms with van der Waals surface area (Å²) >= 11 is 3.27. The maximum atomic E-state index is 12.0. The Morgan fingerprint density at radius 2 is 2.24 bits per heavy atom. The third-order valence-electron chi connectivity index (χ3n) is 2.87. The zero-order valence-corrected chi connectivity index (χ0v) is 10.6. The van der Waals surface area contributed by atoms with Crippen LogP contribution in [0.15, 0.2) is 22.7 Å². The molecule has 90 valence electrons. The highest BCUT2D eigenvalue weighted by Crippen LogP contribution is 2.39. The number of halogens is 1. The lowest BCUT2D eigenvalue weighted by Gasteiger charge is -2.18. The fourth-order valence-corrected chi connectivity index (χ4v) is 2.40. The summed E-state index contributed by atoms with van der Waals surface area (Å²) in [7, 11) is 1.56. The second-order valence-electron chi connectivity index (χ2n) is 3.99. The zero-order valence-electron chi connectivity index (χ0n) is 9.01. The molecule has 0 fully saturated rings. The summed E-state index contributed by atoms with van der Waals surface area (Å²) in [5.74, 6) is -0.456. The molecule has 1 aromatic rings. The van der Waals surface area contributed by atoms with Gasteiger partial charge in [-0.1, -0.05) is 15.9 Å². The molecule has 1 atom stereocenters. The van der Waals surface area contributed by atoms with E-state index in [4.69, 9.17) is 5.73 Å². The van der Waals surface area contributed by atoms with Crippen molar-refractivity contribution in [1.82, 2.24) is 0 Å². The number of benzene rings is 1. The average molecular weight is 300 g/mol. The van der Waals surface area contributed by atoms with Gasteiger partial charge >= 0.3 is 0 Å². The quantitative estimate of drug-likeness (QED) is 0.648. The molecule has 1 heterocycles. The maximum Gasteiger partial charge on any atom is 0.258 e. The Hall–Kier alpha value is -1.47. The van der Waals surface area contributed by atoms with Crippen LogP contribution in [-0.4, -0.2) is 24.4 Å². The molecule has 6 nitrogen and oxygen atoms in total. The van der Waals surface area contributed by atoms with E-state index in [-0.39, 0.29) is 0 Å². The average Bonchev–Trinajstić information content (AvgIpc) is 2.41. The van der Waals surface area contributed by atoms with Crippen LogP contribution < -0.4 is 10.6 Å². The number of nitrogens with two attached hydrogens (primary N) is 1. The van der Waals surface area contributed by atoms with Gasteiger partial charge in [-0.25, -0.2) is 0 Å². The van der Waals surface area contributed by atoms with Gasteiger partial charge < -0.3 is 10.6 Å². The molecule has 7 heteroatoms. The molecule has 2 N–H and O–H groups in total. The van der Waals surface area contributed by atoms with Crippen molar-refractivity contribution in [3.05, 3.63) is 38.3 Å². The van der Waals surface area contributed by atoms with E-state index in [0.29, 0.717) is 11.3 Å². The van der Waals surface area contributed by atoms with Crippen LogP contribution in [0.2, 0.25) is 0 Å². The summed E-state index contributed by atoms with van der Waals surface area (Å²) in [4.78, 5) is 23.4. The number of nitrogens with zero attached hydrogens (tertiary/aromatic N) is 2. The summed E-state index contributed by atoms with van der Waals surface area (Å²) in [6, 6.07) is 5.13. The first-order valence-corrected chi connectivity index (χ1v) is 5.64. The third-order valence-corrected chi connectivity index (χ3v) is 3.36. The van der Waals surface area contributed by atoms with Crippen molar-refractivity contribution in [3.63, 3.8) is 0 Å². The lowest BCUT2D eigenvalue weighted by Crippen LogP contribution is -2.51. The number of fused-ring (bicyclic) bond motifs is 1. The molecule has 0 radical (unpaired) electrons. The first-order valence-electron chi connectivity index (χ1n) is 4.85. The van der Waals surface area contributed by atoms with E-state index in [1.165, 1.54) is 4.90 Å². The normalized spacial score (nSPS) is 22.8. The van der Waals surface area contributed by atoms with Gasteiger partial charge in [0.25, 0.3) is 5.91 Å². The van der Waals surface area contributed by atoms with Gasteiger partial charge in [-0.15, -0.1) is 0 Å². The Bertz CT molecular complexity index is 520. The Morgan fingerprint density at radius 1 is 1.59 bits per heavy atom. The van der Waals surface area contributed by atoms with Gasteiger partial charge in [0.05, 0.1) is 0 Å². The van der Waals surface area contributed by atoms with Crippen molar-refractivity contribution in [3.8, 4) is 0 Å². The van der Waals surface area contributed by atoms with Gasteiger partial charge in [0.15, 0.2) is 5.54 Å². The largest absolute Gasteiger partial charge is 0.313 e. The Kier molecular flexibility index (Phi) is 2.67. The van der Waals surface area contributed by atoms with Gasteiger partial charge in [0, 0.05) is 27.7 Å². The standard InChI is InChI=1S/C10H10BrN3O3/c1-13-8-3-2-6(11)4-7(8)10(12,9(13)15)5-14(16)17/h2-4H,5,12H2,1H3/t10-/m1/s1. The number of hydrogen-bond acceptors (Lipinski definition) is 4. The number of carbonyl (C=O) groups excluding carboxylic acids is 1. The molecule has 1 aromatic carbocycles. The second-order valence-corrected chi connectivity index (χ2v) is 4.90. The van der Waals surface area contributed by atoms with Crippen LogP contribution in [0.3, 0.4) is 0 Å². The molecule has 0 aromatic heterocycles. The summed E-state index contributed by atoms with van der Waals surface area (Å²) in [6.45, 7) is -0.611. The Morgan fingerprint density at radius 3 is 2.82 bits per heavy atom. The summed E-state index contributed by atoms with van der Waals surface area (Å²) in [5.41, 5.74) is 5.44. The summed E-state index contributed by atoms with van der Waals surface area (Å²) in [5, 5.41) is 10.7. The molecule has 2 rings (SSSR count).